The molecule has 7 nitrogen and oxygen atoms in total. The Morgan fingerprint density at radius 3 is 2.71 bits per heavy atom. The fraction of sp³-hybridized carbons (Fsp3) is 0.333. The molecule has 1 amide bonds. The van der Waals surface area contributed by atoms with Gasteiger partial charge in [0.2, 0.25) is 0 Å². The van der Waals surface area contributed by atoms with Gasteiger partial charge < -0.3 is 10.4 Å². The third-order valence-corrected chi connectivity index (χ3v) is 5.23. The molecule has 0 spiro atoms. The second kappa shape index (κ2) is 6.02. The number of nitro benzene ring substituents is 1. The Kier molecular flexibility index (Phi) is 4.52. The molecule has 1 aromatic carbocycles. The number of amides is 1. The highest BCUT2D eigenvalue weighted by molar-refractivity contribution is 9.10. The highest BCUT2D eigenvalue weighted by Crippen LogP contribution is 2.31. The molecule has 9 heteroatoms. The normalized spacial score (nSPS) is 21.0. The summed E-state index contributed by atoms with van der Waals surface area (Å²) in [6.07, 6.45) is 0.325. The van der Waals surface area contributed by atoms with Gasteiger partial charge in [0.1, 0.15) is 10.0 Å². The van der Waals surface area contributed by atoms with E-state index >= 15 is 0 Å². The molecule has 0 radical (unpaired) electrons. The zero-order valence-electron chi connectivity index (χ0n) is 10.7. The predicted molar refractivity (Wildman–Crippen MR) is 80.6 cm³/mol. The summed E-state index contributed by atoms with van der Waals surface area (Å²) in [7, 11) is 0. The number of rotatable bonds is 4. The van der Waals surface area contributed by atoms with E-state index in [0.29, 0.717) is 12.2 Å². The summed E-state index contributed by atoms with van der Waals surface area (Å²) >= 11 is 4.47. The van der Waals surface area contributed by atoms with Crippen molar-refractivity contribution in [3.63, 3.8) is 0 Å². The zero-order chi connectivity index (χ0) is 15.6. The Balaban J connectivity index is 2.31. The molecule has 0 bridgehead atoms. The van der Waals surface area contributed by atoms with Crippen LogP contribution >= 0.6 is 27.7 Å². The molecule has 1 aliphatic rings. The maximum Gasteiger partial charge on any atom is 0.330 e. The van der Waals surface area contributed by atoms with Crippen LogP contribution in [-0.4, -0.2) is 39.0 Å². The van der Waals surface area contributed by atoms with Crippen LogP contribution in [0.1, 0.15) is 16.8 Å². The second-order valence-electron chi connectivity index (χ2n) is 4.54. The molecule has 2 rings (SSSR count). The smallest absolute Gasteiger partial charge is 0.330 e. The van der Waals surface area contributed by atoms with Gasteiger partial charge in [0.05, 0.1) is 10.5 Å². The summed E-state index contributed by atoms with van der Waals surface area (Å²) in [5.74, 6) is -0.818. The fourth-order valence-electron chi connectivity index (χ4n) is 2.01. The maximum absolute atomic E-state index is 12.3. The molecule has 2 N–H and O–H groups in total. The van der Waals surface area contributed by atoms with Crippen LogP contribution in [0, 0.1) is 10.1 Å². The van der Waals surface area contributed by atoms with Crippen molar-refractivity contribution in [1.82, 2.24) is 5.32 Å². The van der Waals surface area contributed by atoms with Gasteiger partial charge in [0.15, 0.2) is 0 Å². The van der Waals surface area contributed by atoms with Crippen LogP contribution in [0.4, 0.5) is 5.69 Å². The number of aliphatic carboxylic acids is 1. The van der Waals surface area contributed by atoms with Gasteiger partial charge in [0.25, 0.3) is 11.6 Å². The van der Waals surface area contributed by atoms with Crippen molar-refractivity contribution < 1.29 is 19.6 Å². The quantitative estimate of drug-likeness (QED) is 0.616. The molecule has 1 heterocycles. The average Bonchev–Trinajstić information content (AvgIpc) is 2.88. The Labute approximate surface area is 132 Å². The minimum absolute atomic E-state index is 0.0405. The number of nitro groups is 1. The Bertz CT molecular complexity index is 616. The summed E-state index contributed by atoms with van der Waals surface area (Å²) in [5, 5.41) is 22.7. The molecule has 1 saturated heterocycles. The number of carboxylic acid groups (broad SMARTS) is 1. The minimum Gasteiger partial charge on any atom is -0.479 e. The number of benzene rings is 1. The van der Waals surface area contributed by atoms with E-state index in [-0.39, 0.29) is 21.5 Å². The number of halogens is 1. The Morgan fingerprint density at radius 1 is 1.48 bits per heavy atom. The number of nitrogens with zero attached hydrogens (tertiary/aromatic N) is 1. The molecule has 21 heavy (non-hydrogen) atoms. The first kappa shape index (κ1) is 15.8. The number of carboxylic acids is 1. The molecule has 0 aliphatic carbocycles. The summed E-state index contributed by atoms with van der Waals surface area (Å²) < 4.78 is 0.0405. The number of thioether (sulfide) groups is 1. The first-order valence-corrected chi connectivity index (χ1v) is 7.89. The van der Waals surface area contributed by atoms with Crippen LogP contribution in [0.25, 0.3) is 0 Å². The molecule has 112 valence electrons. The van der Waals surface area contributed by atoms with Crippen molar-refractivity contribution in [2.45, 2.75) is 12.0 Å². The number of carbonyl (C=O) groups is 2. The lowest BCUT2D eigenvalue weighted by Gasteiger charge is -2.24. The third-order valence-electron chi connectivity index (χ3n) is 3.20. The van der Waals surface area contributed by atoms with E-state index in [1.54, 1.807) is 0 Å². The summed E-state index contributed by atoms with van der Waals surface area (Å²) in [6, 6.07) is 4.05. The third kappa shape index (κ3) is 3.03. The van der Waals surface area contributed by atoms with Gasteiger partial charge in [-0.1, -0.05) is 6.07 Å². The maximum atomic E-state index is 12.3. The molecular formula is C12H11BrN2O5S. The van der Waals surface area contributed by atoms with E-state index in [4.69, 9.17) is 0 Å². The molecule has 1 fully saturated rings. The van der Waals surface area contributed by atoms with Crippen LogP contribution in [0.2, 0.25) is 0 Å². The molecule has 1 unspecified atom stereocenters. The van der Waals surface area contributed by atoms with Gasteiger partial charge in [-0.25, -0.2) is 4.79 Å². The van der Waals surface area contributed by atoms with Gasteiger partial charge in [-0.05, 0) is 34.2 Å². The Hall–Kier alpha value is -1.61. The topological polar surface area (TPSA) is 110 Å². The highest BCUT2D eigenvalue weighted by atomic mass is 79.9. The number of hydrogen-bond donors (Lipinski definition) is 2. The summed E-state index contributed by atoms with van der Waals surface area (Å²) in [5.41, 5.74) is -1.51. The fourth-order valence-corrected chi connectivity index (χ4v) is 3.92. The number of hydrogen-bond acceptors (Lipinski definition) is 5. The Morgan fingerprint density at radius 2 is 2.19 bits per heavy atom. The minimum atomic E-state index is -1.31. The molecule has 0 saturated carbocycles. The number of carbonyl (C=O) groups excluding carboxylic acids is 1. The van der Waals surface area contributed by atoms with Crippen molar-refractivity contribution in [2.75, 3.05) is 11.5 Å². The monoisotopic (exact) mass is 374 g/mol. The summed E-state index contributed by atoms with van der Waals surface area (Å²) in [6.45, 7) is 0. The lowest BCUT2D eigenvalue weighted by Crippen LogP contribution is -2.54. The predicted octanol–water partition coefficient (Wildman–Crippen LogP) is 2.05. The molecular weight excluding hydrogens is 364 g/mol. The molecule has 1 atom stereocenters. The van der Waals surface area contributed by atoms with E-state index in [0.717, 1.165) is 0 Å². The van der Waals surface area contributed by atoms with Crippen molar-refractivity contribution >= 4 is 45.3 Å². The van der Waals surface area contributed by atoms with E-state index in [9.17, 15) is 24.8 Å². The lowest BCUT2D eigenvalue weighted by atomic mass is 9.98. The van der Waals surface area contributed by atoms with Crippen molar-refractivity contribution in [1.29, 1.82) is 0 Å². The van der Waals surface area contributed by atoms with Gasteiger partial charge >= 0.3 is 5.97 Å². The first-order valence-electron chi connectivity index (χ1n) is 5.94. The van der Waals surface area contributed by atoms with E-state index in [2.05, 4.69) is 21.2 Å². The van der Waals surface area contributed by atoms with Gasteiger partial charge in [-0.2, -0.15) is 11.8 Å². The molecule has 1 aliphatic heterocycles. The zero-order valence-corrected chi connectivity index (χ0v) is 13.1. The highest BCUT2D eigenvalue weighted by Gasteiger charge is 2.43. The van der Waals surface area contributed by atoms with Gasteiger partial charge in [-0.15, -0.1) is 0 Å². The van der Waals surface area contributed by atoms with Crippen LogP contribution in [-0.2, 0) is 4.79 Å². The standard InChI is InChI=1S/C12H11BrN2O5S/c13-9-7(2-1-3-8(9)15(19)20)10(16)14-12(11(17)18)4-5-21-6-12/h1-3H,4-6H2,(H,14,16)(H,17,18). The lowest BCUT2D eigenvalue weighted by molar-refractivity contribution is -0.385. The van der Waals surface area contributed by atoms with Gasteiger partial charge in [0, 0.05) is 11.8 Å². The van der Waals surface area contributed by atoms with Gasteiger partial charge in [-0.3, -0.25) is 14.9 Å². The van der Waals surface area contributed by atoms with Crippen molar-refractivity contribution in [2.24, 2.45) is 0 Å². The SMILES string of the molecule is O=C(NC1(C(=O)O)CCSC1)c1cccc([N+](=O)[O-])c1Br. The van der Waals surface area contributed by atoms with E-state index in [1.165, 1.54) is 30.0 Å². The summed E-state index contributed by atoms with van der Waals surface area (Å²) in [4.78, 5) is 33.9. The first-order chi connectivity index (χ1) is 9.87. The van der Waals surface area contributed by atoms with E-state index in [1.807, 2.05) is 0 Å². The second-order valence-corrected chi connectivity index (χ2v) is 6.44. The van der Waals surface area contributed by atoms with Crippen molar-refractivity contribution in [3.8, 4) is 0 Å². The van der Waals surface area contributed by atoms with E-state index < -0.39 is 22.3 Å². The van der Waals surface area contributed by atoms with Crippen LogP contribution in [0.15, 0.2) is 22.7 Å². The van der Waals surface area contributed by atoms with Crippen molar-refractivity contribution in [3.05, 3.63) is 38.3 Å². The number of nitrogens with one attached hydrogen (secondary N) is 1. The van der Waals surface area contributed by atoms with Crippen LogP contribution in [0.3, 0.4) is 0 Å². The van der Waals surface area contributed by atoms with Crippen LogP contribution in [0.5, 0.6) is 0 Å². The van der Waals surface area contributed by atoms with Crippen LogP contribution < -0.4 is 5.32 Å². The molecule has 0 aromatic heterocycles. The molecule has 1 aromatic rings. The largest absolute Gasteiger partial charge is 0.479 e. The average molecular weight is 375 g/mol.